The zero-order valence-electron chi connectivity index (χ0n) is 16.9. The molecule has 154 valence electrons. The van der Waals surface area contributed by atoms with Crippen LogP contribution in [-0.4, -0.2) is 51.6 Å². The third-order valence-electron chi connectivity index (χ3n) is 6.19. The van der Waals surface area contributed by atoms with E-state index in [0.717, 1.165) is 49.9 Å². The molecule has 0 radical (unpaired) electrons. The molecule has 7 heteroatoms. The van der Waals surface area contributed by atoms with Gasteiger partial charge in [0.1, 0.15) is 5.82 Å². The molecule has 2 aliphatic rings. The summed E-state index contributed by atoms with van der Waals surface area (Å²) >= 11 is 0. The third kappa shape index (κ3) is 4.78. The van der Waals surface area contributed by atoms with Gasteiger partial charge in [0.05, 0.1) is 0 Å². The van der Waals surface area contributed by atoms with Crippen LogP contribution < -0.4 is 5.32 Å². The van der Waals surface area contributed by atoms with Gasteiger partial charge in [-0.2, -0.15) is 0 Å². The fourth-order valence-electron chi connectivity index (χ4n) is 4.74. The zero-order chi connectivity index (χ0) is 18.5. The highest BCUT2D eigenvalue weighted by atomic mass is 127. The monoisotopic (exact) mass is 496 g/mol. The lowest BCUT2D eigenvalue weighted by molar-refractivity contribution is 0.203. The van der Waals surface area contributed by atoms with Gasteiger partial charge in [-0.05, 0) is 50.2 Å². The van der Waals surface area contributed by atoms with Crippen molar-refractivity contribution in [2.24, 2.45) is 10.4 Å². The number of aromatic nitrogens is 3. The number of nitrogens with zero attached hydrogens (tertiary/aromatic N) is 5. The molecule has 6 nitrogen and oxygen atoms in total. The molecule has 2 aromatic heterocycles. The van der Waals surface area contributed by atoms with Crippen LogP contribution in [0.25, 0.3) is 5.65 Å². The van der Waals surface area contributed by atoms with E-state index in [0.29, 0.717) is 5.41 Å². The van der Waals surface area contributed by atoms with Gasteiger partial charge in [0.25, 0.3) is 0 Å². The van der Waals surface area contributed by atoms with E-state index >= 15 is 0 Å². The summed E-state index contributed by atoms with van der Waals surface area (Å²) in [6.07, 6.45) is 12.3. The topological polar surface area (TPSA) is 57.8 Å². The van der Waals surface area contributed by atoms with Gasteiger partial charge >= 0.3 is 0 Å². The number of aliphatic imine (C=N–C) groups is 1. The summed E-state index contributed by atoms with van der Waals surface area (Å²) in [5.41, 5.74) is 1.48. The maximum Gasteiger partial charge on any atom is 0.193 e. The Bertz CT molecular complexity index is 780. The Kier molecular flexibility index (Phi) is 7.54. The van der Waals surface area contributed by atoms with Gasteiger partial charge in [-0.25, -0.2) is 0 Å². The van der Waals surface area contributed by atoms with Gasteiger partial charge in [-0.1, -0.05) is 25.3 Å². The van der Waals surface area contributed by atoms with Gasteiger partial charge in [0, 0.05) is 38.8 Å². The van der Waals surface area contributed by atoms with E-state index in [1.54, 1.807) is 0 Å². The number of nitrogens with one attached hydrogen (secondary N) is 1. The molecular formula is C21H33IN6. The second-order valence-electron chi connectivity index (χ2n) is 8.12. The van der Waals surface area contributed by atoms with E-state index in [-0.39, 0.29) is 24.0 Å². The van der Waals surface area contributed by atoms with Gasteiger partial charge < -0.3 is 10.2 Å². The number of halogens is 1. The van der Waals surface area contributed by atoms with Crippen LogP contribution in [0.4, 0.5) is 0 Å². The molecule has 3 heterocycles. The number of hydrogen-bond acceptors (Lipinski definition) is 3. The van der Waals surface area contributed by atoms with Crippen molar-refractivity contribution in [3.8, 4) is 0 Å². The van der Waals surface area contributed by atoms with Crippen molar-refractivity contribution in [3.05, 3.63) is 30.2 Å². The lowest BCUT2D eigenvalue weighted by Crippen LogP contribution is -2.41. The first-order valence-electron chi connectivity index (χ1n) is 10.6. The molecule has 2 aromatic rings. The predicted octanol–water partition coefficient (Wildman–Crippen LogP) is 3.90. The average Bonchev–Trinajstić information content (AvgIpc) is 3.30. The highest BCUT2D eigenvalue weighted by molar-refractivity contribution is 14.0. The van der Waals surface area contributed by atoms with Crippen LogP contribution >= 0.6 is 24.0 Å². The molecule has 1 spiro atoms. The maximum atomic E-state index is 4.93. The van der Waals surface area contributed by atoms with Gasteiger partial charge in [0.2, 0.25) is 0 Å². The van der Waals surface area contributed by atoms with E-state index in [1.807, 2.05) is 24.4 Å². The Hall–Kier alpha value is -1.38. The summed E-state index contributed by atoms with van der Waals surface area (Å²) in [6.45, 7) is 6.25. The van der Waals surface area contributed by atoms with E-state index in [1.165, 1.54) is 45.1 Å². The number of likely N-dealkylation sites (tertiary alicyclic amines) is 1. The lowest BCUT2D eigenvalue weighted by atomic mass is 9.73. The first kappa shape index (κ1) is 21.3. The highest BCUT2D eigenvalue weighted by Gasteiger charge is 2.39. The van der Waals surface area contributed by atoms with Crippen molar-refractivity contribution in [2.45, 2.75) is 58.3 Å². The number of pyridine rings is 1. The molecule has 0 bridgehead atoms. The van der Waals surface area contributed by atoms with Crippen LogP contribution in [0, 0.1) is 5.41 Å². The standard InChI is InChI=1S/C21H32N6.HI/c1-2-22-20(26-16-13-21(17-26)11-5-3-6-12-21)23-14-8-10-19-25-24-18-9-4-7-15-27(18)19;/h4,7,9,15H,2-3,5-6,8,10-14,16-17H2,1H3,(H,22,23);1H. The van der Waals surface area contributed by atoms with Crippen LogP contribution in [-0.2, 0) is 6.42 Å². The lowest BCUT2D eigenvalue weighted by Gasteiger charge is -2.33. The van der Waals surface area contributed by atoms with Crippen molar-refractivity contribution < 1.29 is 0 Å². The summed E-state index contributed by atoms with van der Waals surface area (Å²) < 4.78 is 2.07. The third-order valence-corrected chi connectivity index (χ3v) is 6.19. The first-order valence-corrected chi connectivity index (χ1v) is 10.6. The van der Waals surface area contributed by atoms with Crippen LogP contribution in [0.3, 0.4) is 0 Å². The Balaban J connectivity index is 0.00000225. The Morgan fingerprint density at radius 1 is 1.18 bits per heavy atom. The predicted molar refractivity (Wildman–Crippen MR) is 124 cm³/mol. The molecule has 0 amide bonds. The van der Waals surface area contributed by atoms with Gasteiger partial charge in [-0.15, -0.1) is 34.2 Å². The second-order valence-corrected chi connectivity index (χ2v) is 8.12. The Labute approximate surface area is 185 Å². The molecular weight excluding hydrogens is 463 g/mol. The molecule has 0 atom stereocenters. The van der Waals surface area contributed by atoms with E-state index in [2.05, 4.69) is 31.7 Å². The molecule has 1 aliphatic carbocycles. The maximum absolute atomic E-state index is 4.93. The van der Waals surface area contributed by atoms with E-state index in [4.69, 9.17) is 4.99 Å². The molecule has 28 heavy (non-hydrogen) atoms. The van der Waals surface area contributed by atoms with Crippen molar-refractivity contribution in [1.82, 2.24) is 24.8 Å². The van der Waals surface area contributed by atoms with Crippen LogP contribution in [0.5, 0.6) is 0 Å². The minimum absolute atomic E-state index is 0. The zero-order valence-corrected chi connectivity index (χ0v) is 19.3. The van der Waals surface area contributed by atoms with Crippen molar-refractivity contribution in [3.63, 3.8) is 0 Å². The van der Waals surface area contributed by atoms with Crippen molar-refractivity contribution in [1.29, 1.82) is 0 Å². The smallest absolute Gasteiger partial charge is 0.193 e. The fourth-order valence-corrected chi connectivity index (χ4v) is 4.74. The van der Waals surface area contributed by atoms with Crippen LogP contribution in [0.15, 0.2) is 29.4 Å². The summed E-state index contributed by atoms with van der Waals surface area (Å²) in [4.78, 5) is 7.43. The summed E-state index contributed by atoms with van der Waals surface area (Å²) in [7, 11) is 0. The second kappa shape index (κ2) is 9.89. The minimum Gasteiger partial charge on any atom is -0.357 e. The van der Waals surface area contributed by atoms with Gasteiger partial charge in [-0.3, -0.25) is 9.39 Å². The highest BCUT2D eigenvalue weighted by Crippen LogP contribution is 2.43. The average molecular weight is 496 g/mol. The molecule has 1 saturated heterocycles. The number of fused-ring (bicyclic) bond motifs is 1. The molecule has 1 N–H and O–H groups in total. The summed E-state index contributed by atoms with van der Waals surface area (Å²) in [5.74, 6) is 2.12. The summed E-state index contributed by atoms with van der Waals surface area (Å²) in [5, 5.41) is 12.1. The number of rotatable bonds is 5. The number of hydrogen-bond donors (Lipinski definition) is 1. The van der Waals surface area contributed by atoms with E-state index < -0.39 is 0 Å². The molecule has 2 fully saturated rings. The molecule has 0 aromatic carbocycles. The largest absolute Gasteiger partial charge is 0.357 e. The molecule has 4 rings (SSSR count). The van der Waals surface area contributed by atoms with E-state index in [9.17, 15) is 0 Å². The Morgan fingerprint density at radius 2 is 2.04 bits per heavy atom. The first-order chi connectivity index (χ1) is 13.3. The normalized spacial score (nSPS) is 19.2. The molecule has 1 aliphatic heterocycles. The minimum atomic E-state index is 0. The van der Waals surface area contributed by atoms with Crippen LogP contribution in [0.2, 0.25) is 0 Å². The molecule has 1 saturated carbocycles. The van der Waals surface area contributed by atoms with Crippen molar-refractivity contribution in [2.75, 3.05) is 26.2 Å². The summed E-state index contributed by atoms with van der Waals surface area (Å²) in [6, 6.07) is 6.01. The number of aryl methyl sites for hydroxylation is 1. The number of guanidine groups is 1. The van der Waals surface area contributed by atoms with Crippen molar-refractivity contribution >= 4 is 35.6 Å². The molecule has 0 unspecified atom stereocenters. The quantitative estimate of drug-likeness (QED) is 0.295. The Morgan fingerprint density at radius 3 is 2.86 bits per heavy atom. The van der Waals surface area contributed by atoms with Crippen LogP contribution in [0.1, 0.15) is 57.7 Å². The van der Waals surface area contributed by atoms with Gasteiger partial charge in [0.15, 0.2) is 11.6 Å². The fraction of sp³-hybridized carbons (Fsp3) is 0.667. The SMILES string of the molecule is CCNC(=NCCCc1nnc2ccccn12)N1CCC2(CCCCC2)C1.I.